The van der Waals surface area contributed by atoms with Crippen molar-refractivity contribution >= 4 is 5.97 Å². The maximum Gasteiger partial charge on any atom is 0.306 e. The van der Waals surface area contributed by atoms with Gasteiger partial charge in [0.15, 0.2) is 0 Å². The molecule has 1 aliphatic rings. The van der Waals surface area contributed by atoms with E-state index < -0.39 is 0 Å². The van der Waals surface area contributed by atoms with Gasteiger partial charge in [-0.3, -0.25) is 4.79 Å². The Balaban J connectivity index is 2.43. The summed E-state index contributed by atoms with van der Waals surface area (Å²) in [5.74, 6) is 0.336. The lowest BCUT2D eigenvalue weighted by Crippen LogP contribution is -2.11. The highest BCUT2D eigenvalue weighted by atomic mass is 16.5. The predicted octanol–water partition coefficient (Wildman–Crippen LogP) is 2.29. The minimum atomic E-state index is -0.0466. The third-order valence-corrected chi connectivity index (χ3v) is 2.16. The molecule has 1 heterocycles. The lowest BCUT2D eigenvalue weighted by atomic mass is 10.0. The van der Waals surface area contributed by atoms with Crippen LogP contribution in [0.1, 0.15) is 33.6 Å². The van der Waals surface area contributed by atoms with Crippen LogP contribution in [0.5, 0.6) is 0 Å². The molecule has 68 valence electrons. The second-order valence-electron chi connectivity index (χ2n) is 3.73. The lowest BCUT2D eigenvalue weighted by Gasteiger charge is -2.10. The topological polar surface area (TPSA) is 26.3 Å². The highest BCUT2D eigenvalue weighted by Gasteiger charge is 2.29. The zero-order valence-electron chi connectivity index (χ0n) is 7.96. The van der Waals surface area contributed by atoms with Crippen LogP contribution in [0.3, 0.4) is 0 Å². The Kier molecular flexibility index (Phi) is 2.90. The van der Waals surface area contributed by atoms with Crippen LogP contribution in [0, 0.1) is 5.92 Å². The van der Waals surface area contributed by atoms with Gasteiger partial charge in [-0.25, -0.2) is 0 Å². The molecule has 12 heavy (non-hydrogen) atoms. The monoisotopic (exact) mass is 168 g/mol. The van der Waals surface area contributed by atoms with Gasteiger partial charge < -0.3 is 4.74 Å². The van der Waals surface area contributed by atoms with Gasteiger partial charge in [-0.05, 0) is 13.8 Å². The zero-order chi connectivity index (χ0) is 9.14. The van der Waals surface area contributed by atoms with Gasteiger partial charge in [0.05, 0.1) is 6.42 Å². The van der Waals surface area contributed by atoms with Crippen LogP contribution in [0.4, 0.5) is 0 Å². The molecule has 1 aliphatic heterocycles. The van der Waals surface area contributed by atoms with Crippen molar-refractivity contribution in [1.29, 1.82) is 0 Å². The first-order valence-corrected chi connectivity index (χ1v) is 4.42. The van der Waals surface area contributed by atoms with Crippen LogP contribution < -0.4 is 0 Å². The van der Waals surface area contributed by atoms with Crippen molar-refractivity contribution in [3.8, 4) is 0 Å². The van der Waals surface area contributed by atoms with E-state index in [2.05, 4.69) is 26.8 Å². The van der Waals surface area contributed by atoms with Gasteiger partial charge in [-0.1, -0.05) is 18.6 Å². The van der Waals surface area contributed by atoms with Crippen molar-refractivity contribution in [2.75, 3.05) is 0 Å². The van der Waals surface area contributed by atoms with Crippen LogP contribution in [-0.2, 0) is 9.53 Å². The first kappa shape index (κ1) is 9.30. The molecule has 1 saturated heterocycles. The number of carbonyl (C=O) groups excluding carboxylic acids is 1. The molecule has 0 N–H and O–H groups in total. The van der Waals surface area contributed by atoms with E-state index in [1.807, 2.05) is 0 Å². The first-order chi connectivity index (χ1) is 5.59. The molecule has 0 amide bonds. The number of cyclic esters (lactones) is 1. The molecule has 0 aromatic heterocycles. The van der Waals surface area contributed by atoms with Crippen molar-refractivity contribution in [2.45, 2.75) is 39.7 Å². The molecular weight excluding hydrogens is 152 g/mol. The van der Waals surface area contributed by atoms with Gasteiger partial charge in [0.25, 0.3) is 0 Å². The summed E-state index contributed by atoms with van der Waals surface area (Å²) in [6, 6.07) is 0. The molecule has 0 saturated carbocycles. The molecule has 2 heteroatoms. The average Bonchev–Trinajstić information content (AvgIpc) is 2.26. The van der Waals surface area contributed by atoms with E-state index in [4.69, 9.17) is 4.74 Å². The molecule has 0 aromatic carbocycles. The maximum absolute atomic E-state index is 10.9. The summed E-state index contributed by atoms with van der Waals surface area (Å²) < 4.78 is 5.14. The standard InChI is InChI=1S/C10H16O2/c1-7(2)4-5-9-8(3)6-10(11)12-9/h4,8-9H,5-6H2,1-3H3/t8-,9-/m0/s1. The Morgan fingerprint density at radius 1 is 1.67 bits per heavy atom. The third-order valence-electron chi connectivity index (χ3n) is 2.16. The van der Waals surface area contributed by atoms with E-state index in [-0.39, 0.29) is 12.1 Å². The number of hydrogen-bond acceptors (Lipinski definition) is 2. The Morgan fingerprint density at radius 3 is 2.75 bits per heavy atom. The smallest absolute Gasteiger partial charge is 0.306 e. The van der Waals surface area contributed by atoms with Crippen LogP contribution in [0.15, 0.2) is 11.6 Å². The highest BCUT2D eigenvalue weighted by molar-refractivity contribution is 5.72. The van der Waals surface area contributed by atoms with E-state index in [0.29, 0.717) is 12.3 Å². The summed E-state index contributed by atoms with van der Waals surface area (Å²) in [7, 11) is 0. The molecule has 0 spiro atoms. The Hall–Kier alpha value is -0.790. The number of rotatable bonds is 2. The fourth-order valence-corrected chi connectivity index (χ4v) is 1.36. The zero-order valence-corrected chi connectivity index (χ0v) is 7.96. The second-order valence-corrected chi connectivity index (χ2v) is 3.73. The van der Waals surface area contributed by atoms with Gasteiger partial charge in [-0.15, -0.1) is 0 Å². The third kappa shape index (κ3) is 2.36. The molecule has 2 atom stereocenters. The summed E-state index contributed by atoms with van der Waals surface area (Å²) in [5, 5.41) is 0. The summed E-state index contributed by atoms with van der Waals surface area (Å²) in [5.41, 5.74) is 1.28. The Bertz CT molecular complexity index is 202. The Labute approximate surface area is 73.6 Å². The summed E-state index contributed by atoms with van der Waals surface area (Å²) in [6.07, 6.45) is 3.70. The number of ether oxygens (including phenoxy) is 1. The van der Waals surface area contributed by atoms with Gasteiger partial charge in [-0.2, -0.15) is 0 Å². The lowest BCUT2D eigenvalue weighted by molar-refractivity contribution is -0.141. The van der Waals surface area contributed by atoms with Crippen molar-refractivity contribution < 1.29 is 9.53 Å². The molecule has 0 aromatic rings. The van der Waals surface area contributed by atoms with E-state index in [9.17, 15) is 4.79 Å². The number of carbonyl (C=O) groups is 1. The predicted molar refractivity (Wildman–Crippen MR) is 47.7 cm³/mol. The second kappa shape index (κ2) is 3.74. The van der Waals surface area contributed by atoms with E-state index in [0.717, 1.165) is 6.42 Å². The molecule has 0 unspecified atom stereocenters. The summed E-state index contributed by atoms with van der Waals surface area (Å²) in [6.45, 7) is 6.18. The first-order valence-electron chi connectivity index (χ1n) is 4.42. The highest BCUT2D eigenvalue weighted by Crippen LogP contribution is 2.24. The fraction of sp³-hybridized carbons (Fsp3) is 0.700. The van der Waals surface area contributed by atoms with E-state index >= 15 is 0 Å². The molecule has 0 bridgehead atoms. The van der Waals surface area contributed by atoms with Crippen molar-refractivity contribution in [2.24, 2.45) is 5.92 Å². The van der Waals surface area contributed by atoms with Gasteiger partial charge in [0.1, 0.15) is 6.10 Å². The fourth-order valence-electron chi connectivity index (χ4n) is 1.36. The van der Waals surface area contributed by atoms with E-state index in [1.165, 1.54) is 5.57 Å². The molecule has 0 aliphatic carbocycles. The van der Waals surface area contributed by atoms with Gasteiger partial charge in [0.2, 0.25) is 0 Å². The molecule has 1 fully saturated rings. The van der Waals surface area contributed by atoms with Crippen LogP contribution in [0.2, 0.25) is 0 Å². The molecule has 0 radical (unpaired) electrons. The minimum absolute atomic E-state index is 0.0466. The van der Waals surface area contributed by atoms with Crippen LogP contribution >= 0.6 is 0 Å². The SMILES string of the molecule is CC(C)=CC[C@@H]1OC(=O)C[C@@H]1C. The van der Waals surface area contributed by atoms with Gasteiger partial charge >= 0.3 is 5.97 Å². The number of esters is 1. The van der Waals surface area contributed by atoms with Crippen molar-refractivity contribution in [3.63, 3.8) is 0 Å². The number of hydrogen-bond donors (Lipinski definition) is 0. The van der Waals surface area contributed by atoms with E-state index in [1.54, 1.807) is 0 Å². The number of allylic oxidation sites excluding steroid dienone is 1. The molecule has 2 nitrogen and oxygen atoms in total. The quantitative estimate of drug-likeness (QED) is 0.467. The average molecular weight is 168 g/mol. The van der Waals surface area contributed by atoms with Gasteiger partial charge in [0, 0.05) is 12.3 Å². The normalized spacial score (nSPS) is 28.4. The largest absolute Gasteiger partial charge is 0.462 e. The minimum Gasteiger partial charge on any atom is -0.462 e. The molecular formula is C10H16O2. The molecule has 1 rings (SSSR count). The van der Waals surface area contributed by atoms with Crippen LogP contribution in [0.25, 0.3) is 0 Å². The summed E-state index contributed by atoms with van der Waals surface area (Å²) >= 11 is 0. The summed E-state index contributed by atoms with van der Waals surface area (Å²) in [4.78, 5) is 10.9. The Morgan fingerprint density at radius 2 is 2.33 bits per heavy atom. The van der Waals surface area contributed by atoms with Crippen molar-refractivity contribution in [1.82, 2.24) is 0 Å². The van der Waals surface area contributed by atoms with Crippen molar-refractivity contribution in [3.05, 3.63) is 11.6 Å². The maximum atomic E-state index is 10.9. The van der Waals surface area contributed by atoms with Crippen LogP contribution in [-0.4, -0.2) is 12.1 Å².